The monoisotopic (exact) mass is 312 g/mol. The highest BCUT2D eigenvalue weighted by molar-refractivity contribution is 6.04. The van der Waals surface area contributed by atoms with Crippen LogP contribution in [-0.2, 0) is 0 Å². The molecule has 0 fully saturated rings. The molecule has 1 unspecified atom stereocenters. The summed E-state index contributed by atoms with van der Waals surface area (Å²) < 4.78 is 0. The van der Waals surface area contributed by atoms with Crippen LogP contribution in [0.4, 0.5) is 11.6 Å². The van der Waals surface area contributed by atoms with Gasteiger partial charge in [-0.3, -0.25) is 9.59 Å². The van der Waals surface area contributed by atoms with Gasteiger partial charge >= 0.3 is 0 Å². The van der Waals surface area contributed by atoms with Gasteiger partial charge in [0.1, 0.15) is 0 Å². The van der Waals surface area contributed by atoms with E-state index >= 15 is 0 Å². The largest absolute Gasteiger partial charge is 0.352 e. The molecule has 2 N–H and O–H groups in total. The summed E-state index contributed by atoms with van der Waals surface area (Å²) in [5.41, 5.74) is 1.46. The topological polar surface area (TPSA) is 84.0 Å². The number of Topliss-reactive ketones (excluding diaryl/α,β-unsaturated/α-hetero) is 1. The van der Waals surface area contributed by atoms with Gasteiger partial charge in [-0.15, -0.1) is 0 Å². The lowest BCUT2D eigenvalue weighted by Gasteiger charge is -2.11. The molecule has 0 aliphatic carbocycles. The van der Waals surface area contributed by atoms with E-state index in [0.717, 1.165) is 6.42 Å². The van der Waals surface area contributed by atoms with Crippen molar-refractivity contribution in [2.45, 2.75) is 33.2 Å². The van der Waals surface area contributed by atoms with Crippen LogP contribution in [0.2, 0.25) is 0 Å². The quantitative estimate of drug-likeness (QED) is 0.801. The second-order valence-corrected chi connectivity index (χ2v) is 5.34. The van der Waals surface area contributed by atoms with Crippen molar-refractivity contribution in [3.63, 3.8) is 0 Å². The van der Waals surface area contributed by atoms with E-state index in [4.69, 9.17) is 0 Å². The lowest BCUT2D eigenvalue weighted by Crippen LogP contribution is -2.17. The lowest BCUT2D eigenvalue weighted by molar-refractivity contribution is 0.101. The molecule has 1 aromatic heterocycles. The Hall–Kier alpha value is -2.76. The van der Waals surface area contributed by atoms with Crippen LogP contribution in [0.1, 0.15) is 47.9 Å². The summed E-state index contributed by atoms with van der Waals surface area (Å²) in [7, 11) is 0. The number of nitrogens with zero attached hydrogens (tertiary/aromatic N) is 2. The van der Waals surface area contributed by atoms with Gasteiger partial charge in [0, 0.05) is 29.7 Å². The number of rotatable bonds is 6. The van der Waals surface area contributed by atoms with E-state index in [1.165, 1.54) is 19.3 Å². The number of aromatic nitrogens is 2. The first-order valence-electron chi connectivity index (χ1n) is 7.50. The standard InChI is InChI=1S/C17H20N4O2/c1-4-11(2)20-17-18-9-14(10-19-17)16(23)21-15-7-5-6-13(8-15)12(3)22/h5-11H,4H2,1-3H3,(H,21,23)(H,18,19,20). The molecule has 0 saturated heterocycles. The van der Waals surface area contributed by atoms with E-state index in [1.807, 2.05) is 6.92 Å². The fourth-order valence-electron chi connectivity index (χ4n) is 1.86. The summed E-state index contributed by atoms with van der Waals surface area (Å²) >= 11 is 0. The number of carbonyl (C=O) groups excluding carboxylic acids is 2. The molecule has 2 aromatic rings. The maximum atomic E-state index is 12.2. The van der Waals surface area contributed by atoms with Gasteiger partial charge in [-0.2, -0.15) is 0 Å². The summed E-state index contributed by atoms with van der Waals surface area (Å²) in [6, 6.07) is 7.06. The molecule has 1 amide bonds. The average molecular weight is 312 g/mol. The van der Waals surface area contributed by atoms with Crippen molar-refractivity contribution in [3.05, 3.63) is 47.8 Å². The number of ketones is 1. The molecule has 0 aliphatic heterocycles. The van der Waals surface area contributed by atoms with E-state index in [9.17, 15) is 9.59 Å². The predicted octanol–water partition coefficient (Wildman–Crippen LogP) is 3.14. The molecule has 1 heterocycles. The van der Waals surface area contributed by atoms with Crippen LogP contribution in [-0.4, -0.2) is 27.7 Å². The zero-order valence-electron chi connectivity index (χ0n) is 13.5. The van der Waals surface area contributed by atoms with Crippen LogP contribution >= 0.6 is 0 Å². The highest BCUT2D eigenvalue weighted by Gasteiger charge is 2.09. The number of nitrogens with one attached hydrogen (secondary N) is 2. The van der Waals surface area contributed by atoms with Crippen molar-refractivity contribution in [1.29, 1.82) is 0 Å². The third-order valence-corrected chi connectivity index (χ3v) is 3.43. The molecule has 23 heavy (non-hydrogen) atoms. The minimum atomic E-state index is -0.319. The number of anilines is 2. The summed E-state index contributed by atoms with van der Waals surface area (Å²) in [4.78, 5) is 31.8. The first kappa shape index (κ1) is 16.6. The van der Waals surface area contributed by atoms with Gasteiger partial charge in [-0.25, -0.2) is 9.97 Å². The highest BCUT2D eigenvalue weighted by Crippen LogP contribution is 2.13. The molecule has 6 heteroatoms. The molecular formula is C17H20N4O2. The van der Waals surface area contributed by atoms with Crippen LogP contribution in [0.15, 0.2) is 36.7 Å². The number of amides is 1. The van der Waals surface area contributed by atoms with Crippen molar-refractivity contribution in [2.24, 2.45) is 0 Å². The number of benzene rings is 1. The average Bonchev–Trinajstić information content (AvgIpc) is 2.55. The van der Waals surface area contributed by atoms with Crippen LogP contribution in [0, 0.1) is 0 Å². The molecule has 0 spiro atoms. The van der Waals surface area contributed by atoms with E-state index in [2.05, 4.69) is 27.5 Å². The minimum absolute atomic E-state index is 0.0510. The molecule has 1 aromatic carbocycles. The number of hydrogen-bond donors (Lipinski definition) is 2. The minimum Gasteiger partial charge on any atom is -0.352 e. The van der Waals surface area contributed by atoms with Gasteiger partial charge in [0.05, 0.1) is 5.56 Å². The molecule has 0 aliphatic rings. The van der Waals surface area contributed by atoms with Crippen molar-refractivity contribution in [3.8, 4) is 0 Å². The van der Waals surface area contributed by atoms with Crippen molar-refractivity contribution >= 4 is 23.3 Å². The first-order chi connectivity index (χ1) is 11.0. The summed E-state index contributed by atoms with van der Waals surface area (Å²) in [6.45, 7) is 5.58. The Morgan fingerprint density at radius 1 is 1.17 bits per heavy atom. The van der Waals surface area contributed by atoms with E-state index in [0.29, 0.717) is 22.8 Å². The third kappa shape index (κ3) is 4.60. The zero-order valence-corrected chi connectivity index (χ0v) is 13.5. The molecule has 1 atom stereocenters. The van der Waals surface area contributed by atoms with Crippen LogP contribution in [0.3, 0.4) is 0 Å². The van der Waals surface area contributed by atoms with Crippen molar-refractivity contribution in [1.82, 2.24) is 9.97 Å². The number of hydrogen-bond acceptors (Lipinski definition) is 5. The van der Waals surface area contributed by atoms with Crippen molar-refractivity contribution < 1.29 is 9.59 Å². The van der Waals surface area contributed by atoms with Gasteiger partial charge in [0.15, 0.2) is 5.78 Å². The van der Waals surface area contributed by atoms with E-state index < -0.39 is 0 Å². The molecule has 6 nitrogen and oxygen atoms in total. The lowest BCUT2D eigenvalue weighted by atomic mass is 10.1. The number of carbonyl (C=O) groups is 2. The fraction of sp³-hybridized carbons (Fsp3) is 0.294. The summed E-state index contributed by atoms with van der Waals surface area (Å²) in [5.74, 6) is 0.125. The second kappa shape index (κ2) is 7.49. The molecule has 0 radical (unpaired) electrons. The first-order valence-corrected chi connectivity index (χ1v) is 7.50. The molecule has 2 rings (SSSR count). The Bertz CT molecular complexity index is 698. The Morgan fingerprint density at radius 2 is 1.87 bits per heavy atom. The maximum Gasteiger partial charge on any atom is 0.258 e. The molecule has 120 valence electrons. The summed E-state index contributed by atoms with van der Waals surface area (Å²) in [6.07, 6.45) is 3.90. The smallest absolute Gasteiger partial charge is 0.258 e. The Morgan fingerprint density at radius 3 is 2.48 bits per heavy atom. The zero-order chi connectivity index (χ0) is 16.8. The van der Waals surface area contributed by atoms with Gasteiger partial charge in [0.2, 0.25) is 5.95 Å². The summed E-state index contributed by atoms with van der Waals surface area (Å²) in [5, 5.41) is 5.87. The normalized spacial score (nSPS) is 11.6. The molecule has 0 saturated carbocycles. The maximum absolute atomic E-state index is 12.2. The van der Waals surface area contributed by atoms with Crippen LogP contribution in [0.25, 0.3) is 0 Å². The predicted molar refractivity (Wildman–Crippen MR) is 89.8 cm³/mol. The van der Waals surface area contributed by atoms with E-state index in [-0.39, 0.29) is 17.7 Å². The molecular weight excluding hydrogens is 292 g/mol. The SMILES string of the molecule is CCC(C)Nc1ncc(C(=O)Nc2cccc(C(C)=O)c2)cn1. The third-order valence-electron chi connectivity index (χ3n) is 3.43. The Balaban J connectivity index is 2.06. The Labute approximate surface area is 135 Å². The Kier molecular flexibility index (Phi) is 5.41. The van der Waals surface area contributed by atoms with Crippen molar-refractivity contribution in [2.75, 3.05) is 10.6 Å². The molecule has 0 bridgehead atoms. The van der Waals surface area contributed by atoms with Gasteiger partial charge in [-0.05, 0) is 32.4 Å². The highest BCUT2D eigenvalue weighted by atomic mass is 16.1. The second-order valence-electron chi connectivity index (χ2n) is 5.34. The van der Waals surface area contributed by atoms with Gasteiger partial charge in [0.25, 0.3) is 5.91 Å². The van der Waals surface area contributed by atoms with Crippen LogP contribution < -0.4 is 10.6 Å². The van der Waals surface area contributed by atoms with Crippen LogP contribution in [0.5, 0.6) is 0 Å². The van der Waals surface area contributed by atoms with E-state index in [1.54, 1.807) is 24.3 Å². The fourth-order valence-corrected chi connectivity index (χ4v) is 1.86. The van der Waals surface area contributed by atoms with Gasteiger partial charge < -0.3 is 10.6 Å². The van der Waals surface area contributed by atoms with Gasteiger partial charge in [-0.1, -0.05) is 19.1 Å².